The van der Waals surface area contributed by atoms with Crippen molar-refractivity contribution in [3.63, 3.8) is 0 Å². The van der Waals surface area contributed by atoms with Gasteiger partial charge in [-0.1, -0.05) is 56.3 Å². The van der Waals surface area contributed by atoms with Crippen molar-refractivity contribution in [1.29, 1.82) is 0 Å². The second-order valence-corrected chi connectivity index (χ2v) is 9.89. The van der Waals surface area contributed by atoms with Crippen LogP contribution in [0.25, 0.3) is 0 Å². The Hall–Kier alpha value is -3.02. The van der Waals surface area contributed by atoms with Gasteiger partial charge in [0.05, 0.1) is 12.8 Å². The molecule has 1 saturated heterocycles. The molecule has 2 heterocycles. The minimum Gasteiger partial charge on any atom is -0.497 e. The number of likely N-dealkylation sites (tertiary alicyclic amines) is 1. The number of aryl methyl sites for hydroxylation is 1. The molecule has 1 fully saturated rings. The SMILES string of the molecule is COc1cccc(C2=NOC3(CCN(C(=O)Nc4c(C)cccc4C(C)(C)C)CC3)C2)c1. The van der Waals surface area contributed by atoms with Crippen LogP contribution in [0.2, 0.25) is 0 Å². The first-order valence-corrected chi connectivity index (χ1v) is 11.3. The molecule has 6 nitrogen and oxygen atoms in total. The van der Waals surface area contributed by atoms with Crippen molar-refractivity contribution in [2.75, 3.05) is 25.5 Å². The zero-order chi connectivity index (χ0) is 22.9. The normalized spacial score (nSPS) is 17.7. The van der Waals surface area contributed by atoms with E-state index in [0.29, 0.717) is 13.1 Å². The average Bonchev–Trinajstić information content (AvgIpc) is 3.18. The first-order chi connectivity index (χ1) is 15.2. The van der Waals surface area contributed by atoms with Crippen LogP contribution in [-0.4, -0.2) is 42.4 Å². The fourth-order valence-electron chi connectivity index (χ4n) is 4.51. The fourth-order valence-corrected chi connectivity index (χ4v) is 4.51. The molecule has 32 heavy (non-hydrogen) atoms. The van der Waals surface area contributed by atoms with Crippen molar-refractivity contribution in [2.45, 2.75) is 58.0 Å². The Labute approximate surface area is 190 Å². The number of ether oxygens (including phenoxy) is 1. The summed E-state index contributed by atoms with van der Waals surface area (Å²) in [6, 6.07) is 14.0. The smallest absolute Gasteiger partial charge is 0.321 e. The standard InChI is InChI=1S/C26H33N3O3/c1-18-8-6-11-21(25(2,3)4)23(18)27-24(30)29-14-12-26(13-15-29)17-22(28-32-26)19-9-7-10-20(16-19)31-5/h6-11,16H,12-15,17H2,1-5H3,(H,27,30). The molecular formula is C26H33N3O3. The molecule has 2 aliphatic rings. The number of nitrogens with one attached hydrogen (secondary N) is 1. The van der Waals surface area contributed by atoms with E-state index >= 15 is 0 Å². The molecule has 170 valence electrons. The number of benzene rings is 2. The van der Waals surface area contributed by atoms with Gasteiger partial charge < -0.3 is 19.8 Å². The highest BCUT2D eigenvalue weighted by atomic mass is 16.7. The third-order valence-corrected chi connectivity index (χ3v) is 6.52. The summed E-state index contributed by atoms with van der Waals surface area (Å²) in [5.74, 6) is 0.809. The second kappa shape index (κ2) is 8.49. The maximum atomic E-state index is 13.1. The number of amides is 2. The summed E-state index contributed by atoms with van der Waals surface area (Å²) in [7, 11) is 1.66. The lowest BCUT2D eigenvalue weighted by atomic mass is 9.84. The molecular weight excluding hydrogens is 402 g/mol. The Bertz CT molecular complexity index is 1030. The minimum atomic E-state index is -0.325. The monoisotopic (exact) mass is 435 g/mol. The van der Waals surface area contributed by atoms with Gasteiger partial charge in [-0.15, -0.1) is 0 Å². The Kier molecular flexibility index (Phi) is 5.89. The number of rotatable bonds is 3. The number of carbonyl (C=O) groups excluding carboxylic acids is 1. The summed E-state index contributed by atoms with van der Waals surface area (Å²) >= 11 is 0. The van der Waals surface area contributed by atoms with Gasteiger partial charge in [-0.05, 0) is 35.6 Å². The van der Waals surface area contributed by atoms with E-state index in [-0.39, 0.29) is 17.0 Å². The molecule has 6 heteroatoms. The Morgan fingerprint density at radius 2 is 1.88 bits per heavy atom. The predicted molar refractivity (Wildman–Crippen MR) is 128 cm³/mol. The van der Waals surface area contributed by atoms with Gasteiger partial charge in [0.15, 0.2) is 0 Å². The van der Waals surface area contributed by atoms with Crippen LogP contribution in [0, 0.1) is 6.92 Å². The maximum absolute atomic E-state index is 13.1. The number of methoxy groups -OCH3 is 1. The second-order valence-electron chi connectivity index (χ2n) is 9.89. The summed E-state index contributed by atoms with van der Waals surface area (Å²) in [5.41, 5.74) is 4.74. The van der Waals surface area contributed by atoms with Gasteiger partial charge in [-0.25, -0.2) is 4.79 Å². The zero-order valence-electron chi connectivity index (χ0n) is 19.7. The van der Waals surface area contributed by atoms with E-state index in [1.165, 1.54) is 0 Å². The van der Waals surface area contributed by atoms with Gasteiger partial charge in [-0.2, -0.15) is 0 Å². The molecule has 0 radical (unpaired) electrons. The first kappa shape index (κ1) is 22.2. The number of piperidine rings is 1. The Balaban J connectivity index is 1.39. The lowest BCUT2D eigenvalue weighted by molar-refractivity contribution is -0.0544. The van der Waals surface area contributed by atoms with Gasteiger partial charge in [0, 0.05) is 43.6 Å². The van der Waals surface area contributed by atoms with Crippen LogP contribution in [-0.2, 0) is 10.3 Å². The van der Waals surface area contributed by atoms with E-state index in [2.05, 4.69) is 37.3 Å². The number of oxime groups is 1. The van der Waals surface area contributed by atoms with Gasteiger partial charge >= 0.3 is 6.03 Å². The number of urea groups is 1. The first-order valence-electron chi connectivity index (χ1n) is 11.3. The van der Waals surface area contributed by atoms with Crippen molar-refractivity contribution in [3.05, 3.63) is 59.2 Å². The number of nitrogens with zero attached hydrogens (tertiary/aromatic N) is 2. The molecule has 1 spiro atoms. The highest BCUT2D eigenvalue weighted by Gasteiger charge is 2.43. The Morgan fingerprint density at radius 3 is 2.56 bits per heavy atom. The summed E-state index contributed by atoms with van der Waals surface area (Å²) in [6.07, 6.45) is 2.27. The molecule has 2 aromatic rings. The molecule has 0 aromatic heterocycles. The van der Waals surface area contributed by atoms with Crippen LogP contribution in [0.5, 0.6) is 5.75 Å². The molecule has 0 saturated carbocycles. The third-order valence-electron chi connectivity index (χ3n) is 6.52. The molecule has 2 amide bonds. The van der Waals surface area contributed by atoms with Crippen LogP contribution in [0.3, 0.4) is 0 Å². The molecule has 0 unspecified atom stereocenters. The summed E-state index contributed by atoms with van der Waals surface area (Å²) < 4.78 is 5.33. The van der Waals surface area contributed by atoms with Crippen LogP contribution in [0.15, 0.2) is 47.6 Å². The van der Waals surface area contributed by atoms with E-state index < -0.39 is 0 Å². The summed E-state index contributed by atoms with van der Waals surface area (Å²) in [5, 5.41) is 7.57. The number of para-hydroxylation sites is 1. The lowest BCUT2D eigenvalue weighted by Crippen LogP contribution is -2.48. The fraction of sp³-hybridized carbons (Fsp3) is 0.462. The van der Waals surface area contributed by atoms with E-state index in [1.54, 1.807) is 7.11 Å². The number of hydrogen-bond donors (Lipinski definition) is 1. The van der Waals surface area contributed by atoms with Gasteiger partial charge in [0.1, 0.15) is 11.4 Å². The quantitative estimate of drug-likeness (QED) is 0.693. The van der Waals surface area contributed by atoms with Crippen LogP contribution in [0.4, 0.5) is 10.5 Å². The van der Waals surface area contributed by atoms with Crippen LogP contribution < -0.4 is 10.1 Å². The zero-order valence-corrected chi connectivity index (χ0v) is 19.7. The lowest BCUT2D eigenvalue weighted by Gasteiger charge is -2.37. The van der Waals surface area contributed by atoms with Crippen LogP contribution in [0.1, 0.15) is 56.7 Å². The molecule has 0 aliphatic carbocycles. The molecule has 0 atom stereocenters. The molecule has 1 N–H and O–H groups in total. The van der Waals surface area contributed by atoms with Gasteiger partial charge in [0.25, 0.3) is 0 Å². The maximum Gasteiger partial charge on any atom is 0.321 e. The van der Waals surface area contributed by atoms with Crippen molar-refractivity contribution in [2.24, 2.45) is 5.16 Å². The van der Waals surface area contributed by atoms with E-state index in [9.17, 15) is 4.79 Å². The molecule has 0 bridgehead atoms. The summed E-state index contributed by atoms with van der Waals surface area (Å²) in [6.45, 7) is 9.82. The number of carbonyl (C=O) groups is 1. The van der Waals surface area contributed by atoms with E-state index in [1.807, 2.05) is 48.2 Å². The van der Waals surface area contributed by atoms with Crippen molar-refractivity contribution < 1.29 is 14.4 Å². The average molecular weight is 436 g/mol. The molecule has 2 aliphatic heterocycles. The van der Waals surface area contributed by atoms with Crippen LogP contribution >= 0.6 is 0 Å². The topological polar surface area (TPSA) is 63.2 Å². The highest BCUT2D eigenvalue weighted by Crippen LogP contribution is 2.37. The molecule has 4 rings (SSSR count). The van der Waals surface area contributed by atoms with Gasteiger partial charge in [0.2, 0.25) is 0 Å². The van der Waals surface area contributed by atoms with E-state index in [0.717, 1.165) is 53.1 Å². The van der Waals surface area contributed by atoms with Crippen molar-refractivity contribution in [1.82, 2.24) is 4.90 Å². The predicted octanol–water partition coefficient (Wildman–Crippen LogP) is 5.49. The Morgan fingerprint density at radius 1 is 1.16 bits per heavy atom. The number of anilines is 1. The molecule has 2 aromatic carbocycles. The van der Waals surface area contributed by atoms with Crippen molar-refractivity contribution >= 4 is 17.4 Å². The third kappa shape index (κ3) is 4.45. The summed E-state index contributed by atoms with van der Waals surface area (Å²) in [4.78, 5) is 20.9. The van der Waals surface area contributed by atoms with Gasteiger partial charge in [-0.3, -0.25) is 0 Å². The van der Waals surface area contributed by atoms with Crippen molar-refractivity contribution in [3.8, 4) is 5.75 Å². The highest BCUT2D eigenvalue weighted by molar-refractivity contribution is 6.02. The largest absolute Gasteiger partial charge is 0.497 e. The minimum absolute atomic E-state index is 0.0495. The van der Waals surface area contributed by atoms with E-state index in [4.69, 9.17) is 9.57 Å². The number of hydrogen-bond acceptors (Lipinski definition) is 4.